The lowest BCUT2D eigenvalue weighted by Gasteiger charge is -2.31. The highest BCUT2D eigenvalue weighted by atomic mass is 32.2. The third-order valence-electron chi connectivity index (χ3n) is 5.92. The number of likely N-dealkylation sites (tertiary alicyclic amines) is 1. The number of carbonyl (C=O) groups is 1. The van der Waals surface area contributed by atoms with Gasteiger partial charge in [0.1, 0.15) is 0 Å². The maximum Gasteiger partial charge on any atom is 0.255 e. The first-order valence-corrected chi connectivity index (χ1v) is 15.3. The van der Waals surface area contributed by atoms with E-state index in [-0.39, 0.29) is 15.7 Å². The van der Waals surface area contributed by atoms with E-state index < -0.39 is 25.9 Å². The summed E-state index contributed by atoms with van der Waals surface area (Å²) in [4.78, 5) is 15.9. The van der Waals surface area contributed by atoms with E-state index in [0.717, 1.165) is 24.0 Å². The van der Waals surface area contributed by atoms with Crippen molar-refractivity contribution in [2.75, 3.05) is 25.6 Å². The Hall–Kier alpha value is -1.88. The van der Waals surface area contributed by atoms with Gasteiger partial charge in [0, 0.05) is 30.3 Å². The molecule has 3 rings (SSSR count). The summed E-state index contributed by atoms with van der Waals surface area (Å²) in [5.41, 5.74) is 1.02. The van der Waals surface area contributed by atoms with Gasteiger partial charge in [0.05, 0.1) is 15.4 Å². The number of sulfone groups is 1. The van der Waals surface area contributed by atoms with Crippen LogP contribution in [-0.2, 0) is 19.9 Å². The van der Waals surface area contributed by atoms with E-state index in [4.69, 9.17) is 0 Å². The number of hydrogen-bond acceptors (Lipinski definition) is 6. The Morgan fingerprint density at radius 1 is 1.03 bits per heavy atom. The third-order valence-corrected chi connectivity index (χ3v) is 9.39. The van der Waals surface area contributed by atoms with Gasteiger partial charge in [-0.15, -0.1) is 11.8 Å². The minimum Gasteiger partial charge on any atom is -0.339 e. The predicted octanol–water partition coefficient (Wildman–Crippen LogP) is 3.72. The lowest BCUT2D eigenvalue weighted by atomic mass is 9.98. The van der Waals surface area contributed by atoms with Crippen molar-refractivity contribution in [3.05, 3.63) is 53.6 Å². The van der Waals surface area contributed by atoms with Crippen molar-refractivity contribution < 1.29 is 21.6 Å². The molecule has 2 aromatic carbocycles. The first kappa shape index (κ1) is 25.7. The summed E-state index contributed by atoms with van der Waals surface area (Å²) in [5.74, 6) is 0.436. The molecule has 1 unspecified atom stereocenters. The molecule has 1 atom stereocenters. The fourth-order valence-corrected chi connectivity index (χ4v) is 6.23. The molecule has 0 aromatic heterocycles. The lowest BCUT2D eigenvalue weighted by molar-refractivity contribution is 0.0693. The van der Waals surface area contributed by atoms with Gasteiger partial charge in [0.15, 0.2) is 9.84 Å². The fourth-order valence-electron chi connectivity index (χ4n) is 3.78. The van der Waals surface area contributed by atoms with Gasteiger partial charge >= 0.3 is 0 Å². The maximum atomic E-state index is 13.2. The zero-order valence-electron chi connectivity index (χ0n) is 19.2. The van der Waals surface area contributed by atoms with Crippen molar-refractivity contribution >= 4 is 37.5 Å². The molecule has 0 radical (unpaired) electrons. The van der Waals surface area contributed by atoms with Gasteiger partial charge in [-0.25, -0.2) is 21.6 Å². The Labute approximate surface area is 200 Å². The molecule has 7 nitrogen and oxygen atoms in total. The number of nitrogens with zero attached hydrogens (tertiary/aromatic N) is 1. The average Bonchev–Trinajstić information content (AvgIpc) is 2.78. The lowest BCUT2D eigenvalue weighted by Crippen LogP contribution is -2.38. The van der Waals surface area contributed by atoms with E-state index in [1.54, 1.807) is 30.0 Å². The van der Waals surface area contributed by atoms with E-state index in [1.165, 1.54) is 36.0 Å². The van der Waals surface area contributed by atoms with Crippen LogP contribution in [-0.4, -0.2) is 53.2 Å². The van der Waals surface area contributed by atoms with Crippen LogP contribution < -0.4 is 4.72 Å². The standard InChI is InChI=1S/C23H30N2O5S3/c1-16-11-13-25(14-12-16)23(26)21-15-20(9-10-22(21)31-3)33(29,30)24-17(2)18-5-7-19(8-6-18)32(4,27)28/h5-10,15-17,24H,11-14H2,1-4H3. The highest BCUT2D eigenvalue weighted by molar-refractivity contribution is 7.98. The van der Waals surface area contributed by atoms with Gasteiger partial charge in [-0.05, 0) is 67.8 Å². The Morgan fingerprint density at radius 2 is 1.61 bits per heavy atom. The summed E-state index contributed by atoms with van der Waals surface area (Å²) >= 11 is 1.41. The number of thioether (sulfide) groups is 1. The van der Waals surface area contributed by atoms with Crippen molar-refractivity contribution in [1.82, 2.24) is 9.62 Å². The Balaban J connectivity index is 1.84. The van der Waals surface area contributed by atoms with Crippen LogP contribution in [0, 0.1) is 5.92 Å². The molecule has 0 bridgehead atoms. The van der Waals surface area contributed by atoms with E-state index in [2.05, 4.69) is 11.6 Å². The molecule has 1 heterocycles. The van der Waals surface area contributed by atoms with Crippen LogP contribution in [0.15, 0.2) is 57.2 Å². The zero-order valence-corrected chi connectivity index (χ0v) is 21.7. The number of hydrogen-bond donors (Lipinski definition) is 1. The number of carbonyl (C=O) groups excluding carboxylic acids is 1. The quantitative estimate of drug-likeness (QED) is 0.570. The van der Waals surface area contributed by atoms with Crippen LogP contribution in [0.3, 0.4) is 0 Å². The molecule has 0 spiro atoms. The van der Waals surface area contributed by atoms with Gasteiger partial charge in [-0.3, -0.25) is 4.79 Å². The van der Waals surface area contributed by atoms with E-state index in [9.17, 15) is 21.6 Å². The number of amides is 1. The number of piperidine rings is 1. The fraction of sp³-hybridized carbons (Fsp3) is 0.435. The predicted molar refractivity (Wildman–Crippen MR) is 131 cm³/mol. The molecule has 1 saturated heterocycles. The van der Waals surface area contributed by atoms with E-state index >= 15 is 0 Å². The van der Waals surface area contributed by atoms with Crippen LogP contribution in [0.2, 0.25) is 0 Å². The van der Waals surface area contributed by atoms with Gasteiger partial charge < -0.3 is 4.90 Å². The smallest absolute Gasteiger partial charge is 0.255 e. The van der Waals surface area contributed by atoms with Crippen LogP contribution in [0.5, 0.6) is 0 Å². The zero-order chi connectivity index (χ0) is 24.4. The number of rotatable bonds is 7. The molecule has 1 fully saturated rings. The maximum absolute atomic E-state index is 13.2. The molecule has 2 aromatic rings. The average molecular weight is 511 g/mol. The first-order valence-electron chi connectivity index (χ1n) is 10.7. The Bertz CT molecular complexity index is 1220. The second-order valence-corrected chi connectivity index (χ2v) is 13.1. The molecule has 1 aliphatic rings. The highest BCUT2D eigenvalue weighted by Gasteiger charge is 2.26. The molecule has 10 heteroatoms. The number of benzene rings is 2. The van der Waals surface area contributed by atoms with Crippen LogP contribution in [0.1, 0.15) is 48.7 Å². The molecule has 0 aliphatic carbocycles. The largest absolute Gasteiger partial charge is 0.339 e. The van der Waals surface area contributed by atoms with Crippen molar-refractivity contribution in [3.63, 3.8) is 0 Å². The van der Waals surface area contributed by atoms with Gasteiger partial charge in [-0.1, -0.05) is 19.1 Å². The minimum atomic E-state index is -3.91. The van der Waals surface area contributed by atoms with Crippen LogP contribution in [0.4, 0.5) is 0 Å². The molecular formula is C23H30N2O5S3. The molecule has 0 saturated carbocycles. The molecule has 1 amide bonds. The molecule has 1 aliphatic heterocycles. The van der Waals surface area contributed by atoms with Crippen LogP contribution in [0.25, 0.3) is 0 Å². The topological polar surface area (TPSA) is 101 Å². The SMILES string of the molecule is CSc1ccc(S(=O)(=O)NC(C)c2ccc(S(C)(=O)=O)cc2)cc1C(=O)N1CCC(C)CC1. The highest BCUT2D eigenvalue weighted by Crippen LogP contribution is 2.28. The van der Waals surface area contributed by atoms with Crippen molar-refractivity contribution in [3.8, 4) is 0 Å². The first-order chi connectivity index (χ1) is 15.4. The van der Waals surface area contributed by atoms with Crippen LogP contribution >= 0.6 is 11.8 Å². The molecule has 1 N–H and O–H groups in total. The Morgan fingerprint density at radius 3 is 2.15 bits per heavy atom. The van der Waals surface area contributed by atoms with Gasteiger partial charge in [0.2, 0.25) is 10.0 Å². The van der Waals surface area contributed by atoms with Crippen molar-refractivity contribution in [1.29, 1.82) is 0 Å². The minimum absolute atomic E-state index is 0.0219. The van der Waals surface area contributed by atoms with E-state index in [1.807, 2.05) is 6.26 Å². The summed E-state index contributed by atoms with van der Waals surface area (Å²) in [6.45, 7) is 5.20. The normalized spacial score (nSPS) is 16.5. The molecular weight excluding hydrogens is 480 g/mol. The molecule has 180 valence electrons. The third kappa shape index (κ3) is 6.17. The number of nitrogens with one attached hydrogen (secondary N) is 1. The Kier molecular flexibility index (Phi) is 7.93. The summed E-state index contributed by atoms with van der Waals surface area (Å²) in [5, 5.41) is 0. The summed E-state index contributed by atoms with van der Waals surface area (Å²) in [7, 11) is -7.25. The van der Waals surface area contributed by atoms with Crippen molar-refractivity contribution in [2.45, 2.75) is 47.4 Å². The second-order valence-electron chi connectivity index (χ2n) is 8.52. The molecule has 33 heavy (non-hydrogen) atoms. The number of sulfonamides is 1. The second kappa shape index (κ2) is 10.2. The van der Waals surface area contributed by atoms with Crippen molar-refractivity contribution in [2.24, 2.45) is 5.92 Å². The summed E-state index contributed by atoms with van der Waals surface area (Å²) in [6, 6.07) is 10.1. The van der Waals surface area contributed by atoms with Gasteiger partial charge in [-0.2, -0.15) is 0 Å². The van der Waals surface area contributed by atoms with Gasteiger partial charge in [0.25, 0.3) is 5.91 Å². The van der Waals surface area contributed by atoms with E-state index in [0.29, 0.717) is 30.1 Å². The summed E-state index contributed by atoms with van der Waals surface area (Å²) in [6.07, 6.45) is 4.86. The monoisotopic (exact) mass is 510 g/mol. The summed E-state index contributed by atoms with van der Waals surface area (Å²) < 4.78 is 52.1.